The number of rotatable bonds is 4. The molecule has 1 heterocycles. The van der Waals surface area contributed by atoms with Crippen LogP contribution >= 0.6 is 0 Å². The molecule has 0 bridgehead atoms. The van der Waals surface area contributed by atoms with Crippen LogP contribution in [0.15, 0.2) is 23.1 Å². The maximum Gasteiger partial charge on any atom is 0.243 e. The number of anilines is 1. The summed E-state index contributed by atoms with van der Waals surface area (Å²) in [6.07, 6.45) is 2.20. The Morgan fingerprint density at radius 1 is 1.35 bits per heavy atom. The highest BCUT2D eigenvalue weighted by atomic mass is 32.2. The van der Waals surface area contributed by atoms with Gasteiger partial charge in [0.1, 0.15) is 0 Å². The van der Waals surface area contributed by atoms with E-state index in [0.29, 0.717) is 31.6 Å². The molecule has 1 aromatic carbocycles. The fourth-order valence-electron chi connectivity index (χ4n) is 2.54. The first-order valence-electron chi connectivity index (χ1n) is 6.98. The summed E-state index contributed by atoms with van der Waals surface area (Å²) in [5.41, 5.74) is 7.37. The first-order chi connectivity index (χ1) is 9.48. The molecular weight excluding hydrogens is 276 g/mol. The molecule has 0 amide bonds. The second kappa shape index (κ2) is 6.11. The largest absolute Gasteiger partial charge is 0.398 e. The zero-order valence-electron chi connectivity index (χ0n) is 11.7. The lowest BCUT2D eigenvalue weighted by Gasteiger charge is -2.30. The third-order valence-electron chi connectivity index (χ3n) is 3.97. The molecule has 1 aliphatic heterocycles. The van der Waals surface area contributed by atoms with E-state index < -0.39 is 10.0 Å². The summed E-state index contributed by atoms with van der Waals surface area (Å²) in [6, 6.07) is 4.96. The maximum absolute atomic E-state index is 12.5. The molecule has 20 heavy (non-hydrogen) atoms. The molecule has 0 unspecified atom stereocenters. The Kier molecular flexibility index (Phi) is 4.67. The summed E-state index contributed by atoms with van der Waals surface area (Å²) in [5, 5.41) is 9.11. The number of aliphatic hydroxyl groups is 1. The summed E-state index contributed by atoms with van der Waals surface area (Å²) in [7, 11) is -3.47. The summed E-state index contributed by atoms with van der Waals surface area (Å²) in [4.78, 5) is 0.259. The predicted octanol–water partition coefficient (Wildman–Crippen LogP) is 1.22. The third kappa shape index (κ3) is 2.97. The minimum absolute atomic E-state index is 0.131. The van der Waals surface area contributed by atoms with Gasteiger partial charge in [0, 0.05) is 25.4 Å². The number of sulfonamides is 1. The molecule has 0 spiro atoms. The molecule has 0 aromatic heterocycles. The molecule has 2 rings (SSSR count). The van der Waals surface area contributed by atoms with Gasteiger partial charge in [-0.05, 0) is 42.9 Å². The number of benzene rings is 1. The van der Waals surface area contributed by atoms with Crippen LogP contribution in [-0.4, -0.2) is 37.5 Å². The summed E-state index contributed by atoms with van der Waals surface area (Å²) >= 11 is 0. The van der Waals surface area contributed by atoms with E-state index >= 15 is 0 Å². The topological polar surface area (TPSA) is 83.6 Å². The molecule has 0 atom stereocenters. The zero-order chi connectivity index (χ0) is 14.8. The molecule has 1 fully saturated rings. The molecule has 0 radical (unpaired) electrons. The van der Waals surface area contributed by atoms with Crippen LogP contribution in [0.1, 0.15) is 25.3 Å². The van der Waals surface area contributed by atoms with Gasteiger partial charge in [0.15, 0.2) is 0 Å². The first kappa shape index (κ1) is 15.3. The molecule has 1 aliphatic rings. The SMILES string of the molecule is CCc1ccc(S(=O)(=O)N2CCC(CO)CC2)cc1N. The summed E-state index contributed by atoms with van der Waals surface area (Å²) < 4.78 is 26.6. The average molecular weight is 298 g/mol. The van der Waals surface area contributed by atoms with Gasteiger partial charge in [-0.15, -0.1) is 0 Å². The van der Waals surface area contributed by atoms with Crippen LogP contribution in [0.3, 0.4) is 0 Å². The monoisotopic (exact) mass is 298 g/mol. The lowest BCUT2D eigenvalue weighted by molar-refractivity contribution is 0.170. The van der Waals surface area contributed by atoms with Crippen molar-refractivity contribution in [2.24, 2.45) is 5.92 Å². The zero-order valence-corrected chi connectivity index (χ0v) is 12.6. The van der Waals surface area contributed by atoms with Crippen molar-refractivity contribution in [1.82, 2.24) is 4.31 Å². The van der Waals surface area contributed by atoms with Crippen LogP contribution in [0, 0.1) is 5.92 Å². The quantitative estimate of drug-likeness (QED) is 0.819. The molecule has 1 saturated heterocycles. The van der Waals surface area contributed by atoms with Gasteiger partial charge in [0.05, 0.1) is 4.90 Å². The Balaban J connectivity index is 2.20. The van der Waals surface area contributed by atoms with E-state index in [-0.39, 0.29) is 17.4 Å². The van der Waals surface area contributed by atoms with Gasteiger partial charge in [-0.2, -0.15) is 4.31 Å². The van der Waals surface area contributed by atoms with Crippen molar-refractivity contribution in [3.8, 4) is 0 Å². The van der Waals surface area contributed by atoms with Gasteiger partial charge >= 0.3 is 0 Å². The Morgan fingerprint density at radius 2 is 2.00 bits per heavy atom. The maximum atomic E-state index is 12.5. The van der Waals surface area contributed by atoms with Crippen molar-refractivity contribution in [3.63, 3.8) is 0 Å². The number of hydrogen-bond acceptors (Lipinski definition) is 4. The van der Waals surface area contributed by atoms with Crippen LogP contribution in [-0.2, 0) is 16.4 Å². The third-order valence-corrected chi connectivity index (χ3v) is 5.86. The Morgan fingerprint density at radius 3 is 2.50 bits per heavy atom. The number of nitrogen functional groups attached to an aromatic ring is 1. The Hall–Kier alpha value is -1.11. The first-order valence-corrected chi connectivity index (χ1v) is 8.42. The summed E-state index contributed by atoms with van der Waals surface area (Å²) in [5.74, 6) is 0.217. The van der Waals surface area contributed by atoms with Gasteiger partial charge in [0.2, 0.25) is 10.0 Å². The number of nitrogens with two attached hydrogens (primary N) is 1. The second-order valence-corrected chi connectivity index (χ2v) is 7.18. The molecule has 3 N–H and O–H groups in total. The van der Waals surface area contributed by atoms with E-state index in [9.17, 15) is 8.42 Å². The molecule has 1 aromatic rings. The van der Waals surface area contributed by atoms with Crippen LogP contribution in [0.4, 0.5) is 5.69 Å². The molecule has 5 nitrogen and oxygen atoms in total. The van der Waals surface area contributed by atoms with Crippen molar-refractivity contribution in [2.45, 2.75) is 31.1 Å². The van der Waals surface area contributed by atoms with Crippen molar-refractivity contribution in [3.05, 3.63) is 23.8 Å². The molecule has 0 aliphatic carbocycles. The molecule has 6 heteroatoms. The van der Waals surface area contributed by atoms with Crippen LogP contribution < -0.4 is 5.73 Å². The van der Waals surface area contributed by atoms with Gasteiger partial charge in [-0.25, -0.2) is 8.42 Å². The van der Waals surface area contributed by atoms with Crippen LogP contribution in [0.2, 0.25) is 0 Å². The fourth-order valence-corrected chi connectivity index (χ4v) is 4.04. The lowest BCUT2D eigenvalue weighted by atomic mass is 10.00. The molecule has 0 saturated carbocycles. The van der Waals surface area contributed by atoms with Crippen molar-refractivity contribution >= 4 is 15.7 Å². The number of aliphatic hydroxyl groups excluding tert-OH is 1. The standard InChI is InChI=1S/C14H22N2O3S/c1-2-12-3-4-13(9-14(12)15)20(18,19)16-7-5-11(10-17)6-8-16/h3-4,9,11,17H,2,5-8,10,15H2,1H3. The van der Waals surface area contributed by atoms with E-state index in [1.54, 1.807) is 18.2 Å². The number of piperidine rings is 1. The number of hydrogen-bond donors (Lipinski definition) is 2. The van der Waals surface area contributed by atoms with E-state index in [0.717, 1.165) is 12.0 Å². The Bertz CT molecular complexity index is 564. The normalized spacial score (nSPS) is 18.3. The highest BCUT2D eigenvalue weighted by molar-refractivity contribution is 7.89. The van der Waals surface area contributed by atoms with E-state index in [1.165, 1.54) is 4.31 Å². The van der Waals surface area contributed by atoms with E-state index in [4.69, 9.17) is 10.8 Å². The van der Waals surface area contributed by atoms with Gasteiger partial charge in [-0.3, -0.25) is 0 Å². The van der Waals surface area contributed by atoms with Gasteiger partial charge in [0.25, 0.3) is 0 Å². The van der Waals surface area contributed by atoms with Crippen molar-refractivity contribution < 1.29 is 13.5 Å². The minimum atomic E-state index is -3.47. The van der Waals surface area contributed by atoms with Crippen molar-refractivity contribution in [2.75, 3.05) is 25.4 Å². The molecular formula is C14H22N2O3S. The predicted molar refractivity (Wildman–Crippen MR) is 78.8 cm³/mol. The van der Waals surface area contributed by atoms with E-state index in [2.05, 4.69) is 0 Å². The number of aryl methyl sites for hydroxylation is 1. The highest BCUT2D eigenvalue weighted by Gasteiger charge is 2.29. The average Bonchev–Trinajstić information content (AvgIpc) is 2.47. The Labute approximate surface area is 120 Å². The molecule has 112 valence electrons. The smallest absolute Gasteiger partial charge is 0.243 e. The van der Waals surface area contributed by atoms with E-state index in [1.807, 2.05) is 6.92 Å². The minimum Gasteiger partial charge on any atom is -0.398 e. The van der Waals surface area contributed by atoms with Gasteiger partial charge < -0.3 is 10.8 Å². The van der Waals surface area contributed by atoms with Crippen LogP contribution in [0.5, 0.6) is 0 Å². The highest BCUT2D eigenvalue weighted by Crippen LogP contribution is 2.25. The lowest BCUT2D eigenvalue weighted by Crippen LogP contribution is -2.39. The van der Waals surface area contributed by atoms with Crippen LogP contribution in [0.25, 0.3) is 0 Å². The fraction of sp³-hybridized carbons (Fsp3) is 0.571. The number of nitrogens with zero attached hydrogens (tertiary/aromatic N) is 1. The van der Waals surface area contributed by atoms with Crippen molar-refractivity contribution in [1.29, 1.82) is 0 Å². The van der Waals surface area contributed by atoms with Gasteiger partial charge in [-0.1, -0.05) is 13.0 Å². The summed E-state index contributed by atoms with van der Waals surface area (Å²) in [6.45, 7) is 3.04. The second-order valence-electron chi connectivity index (χ2n) is 5.24.